The lowest BCUT2D eigenvalue weighted by Gasteiger charge is -2.36. The monoisotopic (exact) mass is 522 g/mol. The molecular weight excluding hydrogens is 446 g/mol. The van der Waals surface area contributed by atoms with Gasteiger partial charge in [-0.1, -0.05) is 181 Å². The normalized spacial score (nSPS) is 12.2. The van der Waals surface area contributed by atoms with Crippen molar-refractivity contribution in [3.8, 4) is 0 Å². The first-order valence-electron chi connectivity index (χ1n) is 17.8. The van der Waals surface area contributed by atoms with E-state index in [2.05, 4.69) is 39.5 Å². The second-order valence-electron chi connectivity index (χ2n) is 13.4. The van der Waals surface area contributed by atoms with Gasteiger partial charge in [0.15, 0.2) is 0 Å². The zero-order valence-electron chi connectivity index (χ0n) is 27.2. The van der Waals surface area contributed by atoms with E-state index in [1.807, 2.05) is 0 Å². The summed E-state index contributed by atoms with van der Waals surface area (Å²) in [6, 6.07) is 0. The number of unbranched alkanes of at least 4 members (excludes halogenated alkanes) is 26. The highest BCUT2D eigenvalue weighted by atomic mass is 15.2. The van der Waals surface area contributed by atoms with Crippen LogP contribution in [0.4, 0.5) is 0 Å². The standard InChI is InChI=1S/C36H75N/c1-6-8-10-12-14-16-18-20-22-24-26-28-30-32-34-37(36(3,4)5)35-33-31-29-27-25-23-21-19-17-15-13-11-9-7-2/h6-35H2,1-5H3. The Hall–Kier alpha value is -0.0400. The van der Waals surface area contributed by atoms with Gasteiger partial charge in [-0.3, -0.25) is 4.90 Å². The lowest BCUT2D eigenvalue weighted by molar-refractivity contribution is 0.130. The Bertz CT molecular complexity index is 377. The third kappa shape index (κ3) is 28.8. The maximum Gasteiger partial charge on any atom is 0.0125 e. The van der Waals surface area contributed by atoms with E-state index in [1.165, 1.54) is 193 Å². The first kappa shape index (κ1) is 37.0. The summed E-state index contributed by atoms with van der Waals surface area (Å²) in [6.07, 6.45) is 40.7. The predicted octanol–water partition coefficient (Wildman–Crippen LogP) is 13.0. The van der Waals surface area contributed by atoms with Crippen LogP contribution in [-0.4, -0.2) is 23.5 Å². The van der Waals surface area contributed by atoms with Crippen LogP contribution in [-0.2, 0) is 0 Å². The Morgan fingerprint density at radius 1 is 0.297 bits per heavy atom. The Kier molecular flexibility index (Phi) is 28.9. The Labute approximate surface area is 237 Å². The molecule has 0 rings (SSSR count). The van der Waals surface area contributed by atoms with Crippen LogP contribution in [0.5, 0.6) is 0 Å². The van der Waals surface area contributed by atoms with Crippen LogP contribution in [0.25, 0.3) is 0 Å². The quantitative estimate of drug-likeness (QED) is 0.0849. The van der Waals surface area contributed by atoms with E-state index in [0.717, 1.165) is 0 Å². The molecule has 0 radical (unpaired) electrons. The first-order chi connectivity index (χ1) is 18.0. The van der Waals surface area contributed by atoms with Crippen molar-refractivity contribution in [3.63, 3.8) is 0 Å². The van der Waals surface area contributed by atoms with Crippen molar-refractivity contribution >= 4 is 0 Å². The molecule has 1 nitrogen and oxygen atoms in total. The second kappa shape index (κ2) is 29.0. The molecule has 0 aromatic heterocycles. The maximum atomic E-state index is 2.77. The van der Waals surface area contributed by atoms with Crippen LogP contribution < -0.4 is 0 Å². The van der Waals surface area contributed by atoms with Gasteiger partial charge in [0.25, 0.3) is 0 Å². The molecule has 0 fully saturated rings. The van der Waals surface area contributed by atoms with Gasteiger partial charge in [-0.15, -0.1) is 0 Å². The smallest absolute Gasteiger partial charge is 0.0125 e. The molecule has 0 aromatic rings. The molecule has 0 aliphatic carbocycles. The van der Waals surface area contributed by atoms with Crippen LogP contribution in [0, 0.1) is 0 Å². The zero-order valence-corrected chi connectivity index (χ0v) is 27.2. The summed E-state index contributed by atoms with van der Waals surface area (Å²) in [5, 5.41) is 0. The SMILES string of the molecule is CCCCCCCCCCCCCCCCN(CCCCCCCCCCCCCCCC)C(C)(C)C. The van der Waals surface area contributed by atoms with Crippen LogP contribution in [0.3, 0.4) is 0 Å². The zero-order chi connectivity index (χ0) is 27.3. The molecule has 0 amide bonds. The summed E-state index contributed by atoms with van der Waals surface area (Å²) in [5.74, 6) is 0. The predicted molar refractivity (Wildman–Crippen MR) is 172 cm³/mol. The van der Waals surface area contributed by atoms with Gasteiger partial charge >= 0.3 is 0 Å². The third-order valence-electron chi connectivity index (χ3n) is 8.51. The highest BCUT2D eigenvalue weighted by Gasteiger charge is 2.19. The van der Waals surface area contributed by atoms with Gasteiger partial charge in [-0.2, -0.15) is 0 Å². The van der Waals surface area contributed by atoms with Gasteiger partial charge in [0.2, 0.25) is 0 Å². The fourth-order valence-electron chi connectivity index (χ4n) is 5.78. The van der Waals surface area contributed by atoms with Crippen LogP contribution in [0.1, 0.15) is 214 Å². The fraction of sp³-hybridized carbons (Fsp3) is 1.00. The largest absolute Gasteiger partial charge is 0.298 e. The minimum Gasteiger partial charge on any atom is -0.298 e. The van der Waals surface area contributed by atoms with Crippen molar-refractivity contribution in [2.45, 2.75) is 220 Å². The molecule has 0 saturated carbocycles. The number of hydrogen-bond acceptors (Lipinski definition) is 1. The molecule has 37 heavy (non-hydrogen) atoms. The lowest BCUT2D eigenvalue weighted by Crippen LogP contribution is -2.42. The van der Waals surface area contributed by atoms with Crippen molar-refractivity contribution in [2.24, 2.45) is 0 Å². The van der Waals surface area contributed by atoms with Gasteiger partial charge in [-0.25, -0.2) is 0 Å². The molecule has 0 heterocycles. The minimum absolute atomic E-state index is 0.326. The van der Waals surface area contributed by atoms with E-state index < -0.39 is 0 Å². The first-order valence-corrected chi connectivity index (χ1v) is 17.8. The van der Waals surface area contributed by atoms with E-state index in [4.69, 9.17) is 0 Å². The van der Waals surface area contributed by atoms with E-state index in [-0.39, 0.29) is 0 Å². The topological polar surface area (TPSA) is 3.24 Å². The average Bonchev–Trinajstić information content (AvgIpc) is 2.87. The summed E-state index contributed by atoms with van der Waals surface area (Å²) < 4.78 is 0. The molecule has 0 aliphatic rings. The van der Waals surface area contributed by atoms with Gasteiger partial charge < -0.3 is 0 Å². The Balaban J connectivity index is 3.52. The molecular formula is C36H75N. The third-order valence-corrected chi connectivity index (χ3v) is 8.51. The molecule has 0 aromatic carbocycles. The molecule has 0 saturated heterocycles. The second-order valence-corrected chi connectivity index (χ2v) is 13.4. The summed E-state index contributed by atoms with van der Waals surface area (Å²) in [6.45, 7) is 14.5. The average molecular weight is 522 g/mol. The van der Waals surface area contributed by atoms with E-state index in [0.29, 0.717) is 5.54 Å². The lowest BCUT2D eigenvalue weighted by atomic mass is 10.0. The molecule has 1 heteroatoms. The van der Waals surface area contributed by atoms with Gasteiger partial charge in [-0.05, 0) is 46.7 Å². The van der Waals surface area contributed by atoms with Crippen molar-refractivity contribution < 1.29 is 0 Å². The van der Waals surface area contributed by atoms with Gasteiger partial charge in [0, 0.05) is 5.54 Å². The van der Waals surface area contributed by atoms with Crippen molar-refractivity contribution in [3.05, 3.63) is 0 Å². The number of rotatable bonds is 30. The van der Waals surface area contributed by atoms with E-state index in [9.17, 15) is 0 Å². The summed E-state index contributed by atoms with van der Waals surface area (Å²) >= 11 is 0. The minimum atomic E-state index is 0.326. The molecule has 0 spiro atoms. The van der Waals surface area contributed by atoms with Crippen LogP contribution >= 0.6 is 0 Å². The maximum absolute atomic E-state index is 2.77. The van der Waals surface area contributed by atoms with Crippen LogP contribution in [0.2, 0.25) is 0 Å². The molecule has 0 aliphatic heterocycles. The molecule has 0 bridgehead atoms. The Morgan fingerprint density at radius 3 is 0.676 bits per heavy atom. The molecule has 0 N–H and O–H groups in total. The van der Waals surface area contributed by atoms with Crippen molar-refractivity contribution in [1.29, 1.82) is 0 Å². The number of nitrogens with zero attached hydrogens (tertiary/aromatic N) is 1. The van der Waals surface area contributed by atoms with Gasteiger partial charge in [0.1, 0.15) is 0 Å². The van der Waals surface area contributed by atoms with Crippen LogP contribution in [0.15, 0.2) is 0 Å². The van der Waals surface area contributed by atoms with E-state index in [1.54, 1.807) is 0 Å². The fourth-order valence-corrected chi connectivity index (χ4v) is 5.78. The summed E-state index contributed by atoms with van der Waals surface area (Å²) in [4.78, 5) is 2.77. The number of hydrogen-bond donors (Lipinski definition) is 0. The molecule has 224 valence electrons. The highest BCUT2D eigenvalue weighted by molar-refractivity contribution is 4.76. The highest BCUT2D eigenvalue weighted by Crippen LogP contribution is 2.18. The Morgan fingerprint density at radius 2 is 0.486 bits per heavy atom. The molecule has 0 unspecified atom stereocenters. The summed E-state index contributed by atoms with van der Waals surface area (Å²) in [7, 11) is 0. The van der Waals surface area contributed by atoms with Crippen molar-refractivity contribution in [1.82, 2.24) is 4.90 Å². The van der Waals surface area contributed by atoms with Gasteiger partial charge in [0.05, 0.1) is 0 Å². The summed E-state index contributed by atoms with van der Waals surface area (Å²) in [5.41, 5.74) is 0.326. The van der Waals surface area contributed by atoms with E-state index >= 15 is 0 Å². The molecule has 0 atom stereocenters. The van der Waals surface area contributed by atoms with Crippen molar-refractivity contribution in [2.75, 3.05) is 13.1 Å².